The molecule has 0 atom stereocenters. The van der Waals surface area contributed by atoms with Crippen LogP contribution in [0.5, 0.6) is 0 Å². The standard InChI is InChI=1S/C9H10OS/c1-8-2-4-9(5-3-8)6-7-11-10/h2-5,7H,6H2,1H3. The average Bonchev–Trinajstić information content (AvgIpc) is 2.04. The van der Waals surface area contributed by atoms with Gasteiger partial charge in [0.2, 0.25) is 0 Å². The van der Waals surface area contributed by atoms with Crippen LogP contribution in [0.25, 0.3) is 0 Å². The maximum atomic E-state index is 10.0. The highest BCUT2D eigenvalue weighted by Crippen LogP contribution is 2.01. The molecule has 2 heteroatoms. The molecule has 0 fully saturated rings. The van der Waals surface area contributed by atoms with Crippen molar-refractivity contribution in [1.82, 2.24) is 0 Å². The molecule has 0 aliphatic rings. The van der Waals surface area contributed by atoms with Crippen LogP contribution in [0.2, 0.25) is 0 Å². The monoisotopic (exact) mass is 166 g/mol. The van der Waals surface area contributed by atoms with Crippen molar-refractivity contribution < 1.29 is 4.21 Å². The van der Waals surface area contributed by atoms with Gasteiger partial charge in [-0.25, -0.2) is 4.21 Å². The summed E-state index contributed by atoms with van der Waals surface area (Å²) in [7, 11) is 0. The summed E-state index contributed by atoms with van der Waals surface area (Å²) in [6.07, 6.45) is 0.758. The van der Waals surface area contributed by atoms with Gasteiger partial charge in [0.05, 0.1) is 11.3 Å². The average molecular weight is 166 g/mol. The number of rotatable bonds is 2. The molecule has 0 aromatic heterocycles. The van der Waals surface area contributed by atoms with Gasteiger partial charge in [-0.05, 0) is 12.5 Å². The van der Waals surface area contributed by atoms with Crippen LogP contribution < -0.4 is 0 Å². The molecular formula is C9H10OS. The van der Waals surface area contributed by atoms with E-state index in [1.54, 1.807) is 5.37 Å². The molecule has 0 heterocycles. The molecule has 1 rings (SSSR count). The van der Waals surface area contributed by atoms with E-state index in [0.29, 0.717) is 11.3 Å². The third-order valence-electron chi connectivity index (χ3n) is 1.51. The summed E-state index contributed by atoms with van der Waals surface area (Å²) in [5, 5.41) is 1.66. The van der Waals surface area contributed by atoms with Gasteiger partial charge in [-0.1, -0.05) is 29.8 Å². The Morgan fingerprint density at radius 3 is 2.55 bits per heavy atom. The lowest BCUT2D eigenvalue weighted by molar-refractivity contribution is 0.701. The van der Waals surface area contributed by atoms with Crippen LogP contribution in [0.4, 0.5) is 0 Å². The zero-order valence-electron chi connectivity index (χ0n) is 6.41. The molecule has 11 heavy (non-hydrogen) atoms. The van der Waals surface area contributed by atoms with E-state index < -0.39 is 0 Å². The van der Waals surface area contributed by atoms with Crippen molar-refractivity contribution in [2.45, 2.75) is 13.3 Å². The van der Waals surface area contributed by atoms with Crippen molar-refractivity contribution in [1.29, 1.82) is 0 Å². The molecule has 0 N–H and O–H groups in total. The first-order valence-electron chi connectivity index (χ1n) is 3.49. The van der Waals surface area contributed by atoms with Crippen molar-refractivity contribution >= 4 is 16.6 Å². The molecular weight excluding hydrogens is 156 g/mol. The predicted octanol–water partition coefficient (Wildman–Crippen LogP) is 1.55. The SMILES string of the molecule is Cc1ccc(CC=S=O)cc1. The fourth-order valence-corrected chi connectivity index (χ4v) is 1.11. The smallest absolute Gasteiger partial charge is 0.0844 e. The van der Waals surface area contributed by atoms with Crippen molar-refractivity contribution in [3.05, 3.63) is 35.4 Å². The van der Waals surface area contributed by atoms with E-state index in [1.807, 2.05) is 12.1 Å². The maximum Gasteiger partial charge on any atom is 0.0844 e. The lowest BCUT2D eigenvalue weighted by Gasteiger charge is -1.94. The Bertz CT molecular complexity index is 270. The van der Waals surface area contributed by atoms with Crippen LogP contribution in [0.3, 0.4) is 0 Å². The first kappa shape index (κ1) is 8.21. The van der Waals surface area contributed by atoms with Crippen LogP contribution in [0, 0.1) is 6.92 Å². The molecule has 0 amide bonds. The Kier molecular flexibility index (Phi) is 3.05. The topological polar surface area (TPSA) is 17.1 Å². The molecule has 0 bridgehead atoms. The Hall–Kier alpha value is -0.890. The second kappa shape index (κ2) is 4.09. The van der Waals surface area contributed by atoms with Crippen LogP contribution in [0.1, 0.15) is 11.1 Å². The fraction of sp³-hybridized carbons (Fsp3) is 0.222. The van der Waals surface area contributed by atoms with E-state index in [1.165, 1.54) is 11.1 Å². The summed E-state index contributed by atoms with van der Waals surface area (Å²) in [4.78, 5) is 0. The van der Waals surface area contributed by atoms with Gasteiger partial charge in [0.25, 0.3) is 0 Å². The Morgan fingerprint density at radius 2 is 2.00 bits per heavy atom. The summed E-state index contributed by atoms with van der Waals surface area (Å²) in [6, 6.07) is 8.20. The lowest BCUT2D eigenvalue weighted by atomic mass is 10.1. The molecule has 0 saturated heterocycles. The van der Waals surface area contributed by atoms with Crippen LogP contribution in [-0.2, 0) is 17.7 Å². The second-order valence-corrected chi connectivity index (χ2v) is 2.98. The molecule has 0 unspecified atom stereocenters. The molecule has 1 aromatic carbocycles. The molecule has 58 valence electrons. The highest BCUT2D eigenvalue weighted by Gasteiger charge is 1.87. The van der Waals surface area contributed by atoms with Crippen molar-refractivity contribution in [2.24, 2.45) is 0 Å². The maximum absolute atomic E-state index is 10.0. The highest BCUT2D eigenvalue weighted by molar-refractivity contribution is 7.64. The lowest BCUT2D eigenvalue weighted by Crippen LogP contribution is -1.84. The van der Waals surface area contributed by atoms with Crippen LogP contribution in [0.15, 0.2) is 24.3 Å². The van der Waals surface area contributed by atoms with Gasteiger partial charge in [-0.2, -0.15) is 0 Å². The van der Waals surface area contributed by atoms with E-state index >= 15 is 0 Å². The molecule has 0 radical (unpaired) electrons. The molecule has 1 nitrogen and oxygen atoms in total. The second-order valence-electron chi connectivity index (χ2n) is 2.45. The van der Waals surface area contributed by atoms with E-state index in [4.69, 9.17) is 0 Å². The molecule has 0 aliphatic carbocycles. The van der Waals surface area contributed by atoms with Gasteiger partial charge in [-0.3, -0.25) is 0 Å². The minimum atomic E-state index is 0.526. The third-order valence-corrected chi connectivity index (χ3v) is 1.81. The van der Waals surface area contributed by atoms with E-state index in [0.717, 1.165) is 6.42 Å². The Labute approximate surface area is 70.1 Å². The van der Waals surface area contributed by atoms with Gasteiger partial charge in [-0.15, -0.1) is 0 Å². The quantitative estimate of drug-likeness (QED) is 0.609. The minimum Gasteiger partial charge on any atom is -0.213 e. The fourth-order valence-electron chi connectivity index (χ4n) is 0.854. The largest absolute Gasteiger partial charge is 0.213 e. The predicted molar refractivity (Wildman–Crippen MR) is 49.1 cm³/mol. The zero-order valence-corrected chi connectivity index (χ0v) is 7.23. The number of benzene rings is 1. The minimum absolute atomic E-state index is 0.526. The van der Waals surface area contributed by atoms with Crippen LogP contribution in [-0.4, -0.2) is 9.58 Å². The number of aryl methyl sites for hydroxylation is 1. The van der Waals surface area contributed by atoms with E-state index in [-0.39, 0.29) is 0 Å². The first-order valence-corrected chi connectivity index (χ1v) is 4.29. The molecule has 0 saturated carbocycles. The summed E-state index contributed by atoms with van der Waals surface area (Å²) < 4.78 is 10.0. The van der Waals surface area contributed by atoms with Gasteiger partial charge in [0.1, 0.15) is 0 Å². The summed E-state index contributed by atoms with van der Waals surface area (Å²) in [5.74, 6) is 0. The zero-order chi connectivity index (χ0) is 8.10. The van der Waals surface area contributed by atoms with Gasteiger partial charge >= 0.3 is 0 Å². The van der Waals surface area contributed by atoms with Crippen LogP contribution >= 0.6 is 0 Å². The first-order chi connectivity index (χ1) is 5.33. The normalized spacial score (nSPS) is 9.18. The van der Waals surface area contributed by atoms with E-state index in [2.05, 4.69) is 19.1 Å². The van der Waals surface area contributed by atoms with Gasteiger partial charge < -0.3 is 0 Å². The van der Waals surface area contributed by atoms with Crippen molar-refractivity contribution in [3.8, 4) is 0 Å². The summed E-state index contributed by atoms with van der Waals surface area (Å²) >= 11 is 0.526. The summed E-state index contributed by atoms with van der Waals surface area (Å²) in [5.41, 5.74) is 2.45. The summed E-state index contributed by atoms with van der Waals surface area (Å²) in [6.45, 7) is 2.05. The van der Waals surface area contributed by atoms with E-state index in [9.17, 15) is 4.21 Å². The van der Waals surface area contributed by atoms with Crippen molar-refractivity contribution in [3.63, 3.8) is 0 Å². The molecule has 0 spiro atoms. The van der Waals surface area contributed by atoms with Gasteiger partial charge in [0, 0.05) is 11.8 Å². The third kappa shape index (κ3) is 2.68. The molecule has 0 aliphatic heterocycles. The van der Waals surface area contributed by atoms with Gasteiger partial charge in [0.15, 0.2) is 0 Å². The number of hydrogen-bond acceptors (Lipinski definition) is 1. The number of hydrogen-bond donors (Lipinski definition) is 0. The Morgan fingerprint density at radius 1 is 1.36 bits per heavy atom. The molecule has 1 aromatic rings. The van der Waals surface area contributed by atoms with Crippen molar-refractivity contribution in [2.75, 3.05) is 0 Å². The Balaban J connectivity index is 2.73. The highest BCUT2D eigenvalue weighted by atomic mass is 32.1.